The monoisotopic (exact) mass is 351 g/mol. The number of unbranched alkanes of at least 4 members (excludes halogenated alkanes) is 2. The molecule has 0 saturated carbocycles. The molecule has 1 aromatic rings. The van der Waals surface area contributed by atoms with E-state index in [1.807, 2.05) is 5.38 Å². The highest BCUT2D eigenvalue weighted by Crippen LogP contribution is 2.25. The number of nitrogens with one attached hydrogen (secondary N) is 1. The summed E-state index contributed by atoms with van der Waals surface area (Å²) in [6.45, 7) is 11.0. The minimum absolute atomic E-state index is 0.0632. The van der Waals surface area contributed by atoms with Crippen LogP contribution >= 0.6 is 11.3 Å². The van der Waals surface area contributed by atoms with E-state index in [4.69, 9.17) is 0 Å². The maximum atomic E-state index is 12.0. The molecule has 1 aromatic heterocycles. The SMILES string of the molecule is CC(C)(C)c1nc(CC(=O)NCCCCCN2CCCCC2)cs1. The van der Waals surface area contributed by atoms with Gasteiger partial charge in [0.15, 0.2) is 0 Å². The molecular weight excluding hydrogens is 318 g/mol. The molecule has 0 bridgehead atoms. The van der Waals surface area contributed by atoms with Gasteiger partial charge in [-0.15, -0.1) is 11.3 Å². The van der Waals surface area contributed by atoms with Crippen LogP contribution in [0, 0.1) is 0 Å². The van der Waals surface area contributed by atoms with E-state index in [0.717, 1.165) is 23.7 Å². The zero-order valence-corrected chi connectivity index (χ0v) is 16.4. The maximum Gasteiger partial charge on any atom is 0.226 e. The second-order valence-electron chi connectivity index (χ2n) is 7.88. The molecule has 0 aliphatic carbocycles. The third-order valence-corrected chi connectivity index (χ3v) is 5.77. The van der Waals surface area contributed by atoms with Crippen LogP contribution in [-0.4, -0.2) is 42.0 Å². The first-order valence-electron chi connectivity index (χ1n) is 9.39. The third kappa shape index (κ3) is 6.89. The molecule has 0 atom stereocenters. The fourth-order valence-electron chi connectivity index (χ4n) is 3.01. The van der Waals surface area contributed by atoms with Crippen molar-refractivity contribution in [3.8, 4) is 0 Å². The van der Waals surface area contributed by atoms with Crippen molar-refractivity contribution >= 4 is 17.2 Å². The summed E-state index contributed by atoms with van der Waals surface area (Å²) in [4.78, 5) is 19.2. The van der Waals surface area contributed by atoms with Crippen molar-refractivity contribution in [1.82, 2.24) is 15.2 Å². The minimum atomic E-state index is 0.0632. The van der Waals surface area contributed by atoms with Crippen LogP contribution in [-0.2, 0) is 16.6 Å². The van der Waals surface area contributed by atoms with Crippen molar-refractivity contribution < 1.29 is 4.79 Å². The fraction of sp³-hybridized carbons (Fsp3) is 0.789. The van der Waals surface area contributed by atoms with Gasteiger partial charge < -0.3 is 10.2 Å². The number of rotatable bonds is 8. The van der Waals surface area contributed by atoms with E-state index in [1.165, 1.54) is 51.7 Å². The number of carbonyl (C=O) groups is 1. The van der Waals surface area contributed by atoms with Crippen molar-refractivity contribution in [2.24, 2.45) is 0 Å². The number of aromatic nitrogens is 1. The van der Waals surface area contributed by atoms with E-state index >= 15 is 0 Å². The molecule has 0 spiro atoms. The van der Waals surface area contributed by atoms with Gasteiger partial charge in [0.1, 0.15) is 0 Å². The minimum Gasteiger partial charge on any atom is -0.356 e. The van der Waals surface area contributed by atoms with E-state index < -0.39 is 0 Å². The van der Waals surface area contributed by atoms with Gasteiger partial charge in [-0.05, 0) is 45.3 Å². The van der Waals surface area contributed by atoms with E-state index in [-0.39, 0.29) is 11.3 Å². The molecule has 1 aliphatic rings. The lowest BCUT2D eigenvalue weighted by molar-refractivity contribution is -0.120. The Morgan fingerprint density at radius 3 is 2.62 bits per heavy atom. The van der Waals surface area contributed by atoms with Crippen molar-refractivity contribution in [1.29, 1.82) is 0 Å². The molecule has 24 heavy (non-hydrogen) atoms. The first kappa shape index (κ1) is 19.4. The summed E-state index contributed by atoms with van der Waals surface area (Å²) in [5.74, 6) is 0.0942. The van der Waals surface area contributed by atoms with Gasteiger partial charge in [-0.2, -0.15) is 0 Å². The van der Waals surface area contributed by atoms with Crippen LogP contribution in [0.5, 0.6) is 0 Å². The molecule has 1 aliphatic heterocycles. The number of hydrogen-bond acceptors (Lipinski definition) is 4. The summed E-state index contributed by atoms with van der Waals surface area (Å²) in [6, 6.07) is 0. The molecular formula is C19H33N3OS. The molecule has 1 fully saturated rings. The number of hydrogen-bond donors (Lipinski definition) is 1. The van der Waals surface area contributed by atoms with Gasteiger partial charge in [0.2, 0.25) is 5.91 Å². The lowest BCUT2D eigenvalue weighted by Gasteiger charge is -2.26. The summed E-state index contributed by atoms with van der Waals surface area (Å²) in [6.07, 6.45) is 8.05. The second kappa shape index (κ2) is 9.52. The number of amides is 1. The third-order valence-electron chi connectivity index (χ3n) is 4.46. The number of likely N-dealkylation sites (tertiary alicyclic amines) is 1. The van der Waals surface area contributed by atoms with Crippen LogP contribution in [0.2, 0.25) is 0 Å². The largest absolute Gasteiger partial charge is 0.356 e. The highest BCUT2D eigenvalue weighted by molar-refractivity contribution is 7.09. The van der Waals surface area contributed by atoms with E-state index in [9.17, 15) is 4.79 Å². The molecule has 1 N–H and O–H groups in total. The smallest absolute Gasteiger partial charge is 0.226 e. The van der Waals surface area contributed by atoms with E-state index in [0.29, 0.717) is 6.42 Å². The van der Waals surface area contributed by atoms with Gasteiger partial charge in [0, 0.05) is 17.3 Å². The Labute approximate surface area is 151 Å². The molecule has 5 heteroatoms. The molecule has 2 rings (SSSR count). The predicted octanol–water partition coefficient (Wildman–Crippen LogP) is 3.76. The van der Waals surface area contributed by atoms with E-state index in [2.05, 4.69) is 36.0 Å². The summed E-state index contributed by atoms with van der Waals surface area (Å²) in [5.41, 5.74) is 0.959. The summed E-state index contributed by atoms with van der Waals surface area (Å²) in [5, 5.41) is 6.14. The number of nitrogens with zero attached hydrogens (tertiary/aromatic N) is 2. The Hall–Kier alpha value is -0.940. The Morgan fingerprint density at radius 2 is 1.96 bits per heavy atom. The first-order valence-corrected chi connectivity index (χ1v) is 10.3. The molecule has 136 valence electrons. The Morgan fingerprint density at radius 1 is 1.21 bits per heavy atom. The Balaban J connectivity index is 1.54. The van der Waals surface area contributed by atoms with Crippen LogP contribution < -0.4 is 5.32 Å². The number of carbonyl (C=O) groups excluding carboxylic acids is 1. The first-order chi connectivity index (χ1) is 11.4. The van der Waals surface area contributed by atoms with Gasteiger partial charge in [-0.3, -0.25) is 4.79 Å². The van der Waals surface area contributed by atoms with Crippen LogP contribution in [0.3, 0.4) is 0 Å². The fourth-order valence-corrected chi connectivity index (χ4v) is 3.91. The molecule has 4 nitrogen and oxygen atoms in total. The van der Waals surface area contributed by atoms with Crippen LogP contribution in [0.4, 0.5) is 0 Å². The standard InChI is InChI=1S/C19H33N3OS/c1-19(2,3)18-21-16(15-24-18)14-17(23)20-10-6-4-7-11-22-12-8-5-9-13-22/h15H,4-14H2,1-3H3,(H,20,23). The predicted molar refractivity (Wildman–Crippen MR) is 102 cm³/mol. The van der Waals surface area contributed by atoms with Crippen molar-refractivity contribution in [3.63, 3.8) is 0 Å². The lowest BCUT2D eigenvalue weighted by Crippen LogP contribution is -2.30. The molecule has 2 heterocycles. The van der Waals surface area contributed by atoms with Gasteiger partial charge >= 0.3 is 0 Å². The average Bonchev–Trinajstić information content (AvgIpc) is 3.00. The van der Waals surface area contributed by atoms with E-state index in [1.54, 1.807) is 11.3 Å². The highest BCUT2D eigenvalue weighted by Gasteiger charge is 2.18. The van der Waals surface area contributed by atoms with Crippen molar-refractivity contribution in [2.45, 2.75) is 71.1 Å². The molecule has 0 radical (unpaired) electrons. The normalized spacial score (nSPS) is 16.3. The zero-order chi connectivity index (χ0) is 17.4. The molecule has 0 aromatic carbocycles. The summed E-state index contributed by atoms with van der Waals surface area (Å²) in [7, 11) is 0. The van der Waals surface area contributed by atoms with Gasteiger partial charge in [0.05, 0.1) is 17.1 Å². The summed E-state index contributed by atoms with van der Waals surface area (Å²) >= 11 is 1.65. The molecule has 1 saturated heterocycles. The van der Waals surface area contributed by atoms with Gasteiger partial charge in [-0.1, -0.05) is 33.6 Å². The van der Waals surface area contributed by atoms with Crippen LogP contribution in [0.25, 0.3) is 0 Å². The van der Waals surface area contributed by atoms with Crippen LogP contribution in [0.15, 0.2) is 5.38 Å². The molecule has 1 amide bonds. The maximum absolute atomic E-state index is 12.0. The average molecular weight is 352 g/mol. The topological polar surface area (TPSA) is 45.2 Å². The van der Waals surface area contributed by atoms with Gasteiger partial charge in [-0.25, -0.2) is 4.98 Å². The van der Waals surface area contributed by atoms with Gasteiger partial charge in [0.25, 0.3) is 0 Å². The molecule has 0 unspecified atom stereocenters. The highest BCUT2D eigenvalue weighted by atomic mass is 32.1. The van der Waals surface area contributed by atoms with Crippen molar-refractivity contribution in [3.05, 3.63) is 16.1 Å². The quantitative estimate of drug-likeness (QED) is 0.726. The van der Waals surface area contributed by atoms with Crippen molar-refractivity contribution in [2.75, 3.05) is 26.2 Å². The second-order valence-corrected chi connectivity index (χ2v) is 8.74. The Bertz CT molecular complexity index is 501. The Kier molecular flexibility index (Phi) is 7.69. The lowest BCUT2D eigenvalue weighted by atomic mass is 9.98. The summed E-state index contributed by atoms with van der Waals surface area (Å²) < 4.78 is 0. The van der Waals surface area contributed by atoms with Crippen LogP contribution in [0.1, 0.15) is 70.0 Å². The zero-order valence-electron chi connectivity index (χ0n) is 15.6. The number of piperidine rings is 1. The number of thiazole rings is 1.